The summed E-state index contributed by atoms with van der Waals surface area (Å²) in [5.74, 6) is -1.24. The number of ether oxygens (including phenoxy) is 2. The van der Waals surface area contributed by atoms with Crippen molar-refractivity contribution in [2.24, 2.45) is 0 Å². The van der Waals surface area contributed by atoms with Gasteiger partial charge in [-0.05, 0) is 45.8 Å². The summed E-state index contributed by atoms with van der Waals surface area (Å²) in [5, 5.41) is 16.9. The smallest absolute Gasteiger partial charge is 0.339 e. The molecule has 0 unspecified atom stereocenters. The first-order valence-corrected chi connectivity index (χ1v) is 12.5. The molecule has 178 valence electrons. The number of carbonyl (C=O) groups excluding carboxylic acids is 3. The predicted octanol–water partition coefficient (Wildman–Crippen LogP) is 2.58. The van der Waals surface area contributed by atoms with Crippen molar-refractivity contribution in [3.63, 3.8) is 0 Å². The summed E-state index contributed by atoms with van der Waals surface area (Å²) in [6.45, 7) is 5.20. The van der Waals surface area contributed by atoms with Gasteiger partial charge >= 0.3 is 5.97 Å². The van der Waals surface area contributed by atoms with Crippen LogP contribution in [0, 0.1) is 0 Å². The maximum Gasteiger partial charge on any atom is 0.339 e. The number of hydrogen-bond acceptors (Lipinski definition) is 9. The van der Waals surface area contributed by atoms with Crippen molar-refractivity contribution in [2.45, 2.75) is 73.4 Å². The summed E-state index contributed by atoms with van der Waals surface area (Å²) in [5.41, 5.74) is -1.19. The van der Waals surface area contributed by atoms with E-state index in [-0.39, 0.29) is 30.3 Å². The third kappa shape index (κ3) is 4.41. The Morgan fingerprint density at radius 3 is 2.79 bits per heavy atom. The molecular weight excluding hydrogens is 464 g/mol. The first-order valence-electron chi connectivity index (χ1n) is 10.8. The Kier molecular flexibility index (Phi) is 6.32. The number of epoxide rings is 1. The molecule has 2 fully saturated rings. The van der Waals surface area contributed by atoms with Crippen molar-refractivity contribution in [2.75, 3.05) is 7.11 Å². The lowest BCUT2D eigenvalue weighted by molar-refractivity contribution is -0.164. The number of rotatable bonds is 2. The summed E-state index contributed by atoms with van der Waals surface area (Å²) in [6.07, 6.45) is 6.62. The lowest BCUT2D eigenvalue weighted by Gasteiger charge is -2.41. The number of ketones is 1. The molecule has 8 nitrogen and oxygen atoms in total. The van der Waals surface area contributed by atoms with E-state index in [2.05, 4.69) is 10.3 Å². The van der Waals surface area contributed by atoms with E-state index in [1.54, 1.807) is 18.2 Å². The van der Waals surface area contributed by atoms with E-state index < -0.39 is 27.2 Å². The summed E-state index contributed by atoms with van der Waals surface area (Å²) in [7, 11) is 1.21. The summed E-state index contributed by atoms with van der Waals surface area (Å²) >= 11 is 2.77. The van der Waals surface area contributed by atoms with Gasteiger partial charge < -0.3 is 19.9 Å². The molecule has 10 heteroatoms. The average molecular weight is 493 g/mol. The molecule has 1 aromatic heterocycles. The minimum Gasteiger partial charge on any atom is -0.467 e. The van der Waals surface area contributed by atoms with Gasteiger partial charge in [-0.25, -0.2) is 9.78 Å². The number of nitrogens with zero attached hydrogens (tertiary/aromatic N) is 1. The highest BCUT2D eigenvalue weighted by Gasteiger charge is 2.66. The second-order valence-electron chi connectivity index (χ2n) is 9.15. The quantitative estimate of drug-likeness (QED) is 0.478. The Morgan fingerprint density at radius 2 is 2.06 bits per heavy atom. The molecule has 0 aromatic carbocycles. The Morgan fingerprint density at radius 1 is 1.33 bits per heavy atom. The van der Waals surface area contributed by atoms with E-state index in [0.29, 0.717) is 12.8 Å². The first-order chi connectivity index (χ1) is 15.5. The molecule has 4 rings (SSSR count). The third-order valence-electron chi connectivity index (χ3n) is 6.67. The molecule has 33 heavy (non-hydrogen) atoms. The van der Waals surface area contributed by atoms with Crippen molar-refractivity contribution in [1.82, 2.24) is 10.3 Å². The lowest BCUT2D eigenvalue weighted by atomic mass is 9.80. The number of fused-ring (bicyclic) bond motifs is 6. The van der Waals surface area contributed by atoms with Gasteiger partial charge in [0.25, 0.3) is 0 Å². The number of esters is 1. The molecule has 3 aliphatic heterocycles. The largest absolute Gasteiger partial charge is 0.467 e. The molecule has 1 aromatic rings. The second-order valence-corrected chi connectivity index (χ2v) is 12.0. The monoisotopic (exact) mass is 492 g/mol. The van der Waals surface area contributed by atoms with Crippen molar-refractivity contribution in [3.05, 3.63) is 34.3 Å². The van der Waals surface area contributed by atoms with Crippen LogP contribution in [0.4, 0.5) is 0 Å². The number of aromatic nitrogens is 1. The maximum absolute atomic E-state index is 13.1. The number of thioether (sulfide) groups is 1. The minimum absolute atomic E-state index is 0.0942. The fourth-order valence-electron chi connectivity index (χ4n) is 4.61. The van der Waals surface area contributed by atoms with Gasteiger partial charge in [0.2, 0.25) is 5.91 Å². The van der Waals surface area contributed by atoms with Crippen LogP contribution in [0.1, 0.15) is 56.8 Å². The molecule has 0 saturated carbocycles. The van der Waals surface area contributed by atoms with Crippen LogP contribution in [0.5, 0.6) is 0 Å². The van der Waals surface area contributed by atoms with Crippen LogP contribution >= 0.6 is 23.1 Å². The van der Waals surface area contributed by atoms with E-state index in [4.69, 9.17) is 9.47 Å². The molecule has 2 saturated heterocycles. The molecule has 6 atom stereocenters. The summed E-state index contributed by atoms with van der Waals surface area (Å²) in [4.78, 5) is 42.9. The Labute approximate surface area is 200 Å². The fourth-order valence-corrected chi connectivity index (χ4v) is 7.48. The molecule has 0 aliphatic carbocycles. The maximum atomic E-state index is 13.1. The van der Waals surface area contributed by atoms with Crippen LogP contribution in [-0.2, 0) is 23.9 Å². The highest BCUT2D eigenvalue weighted by molar-refractivity contribution is 8.02. The van der Waals surface area contributed by atoms with Crippen molar-refractivity contribution in [3.8, 4) is 0 Å². The average Bonchev–Trinajstić information content (AvgIpc) is 3.32. The molecule has 3 aliphatic rings. The summed E-state index contributed by atoms with van der Waals surface area (Å²) < 4.78 is 8.96. The molecule has 2 N–H and O–H groups in total. The van der Waals surface area contributed by atoms with Gasteiger partial charge in [-0.2, -0.15) is 0 Å². The second kappa shape index (κ2) is 8.65. The Hall–Kier alpha value is -2.01. The van der Waals surface area contributed by atoms with Gasteiger partial charge in [-0.3, -0.25) is 9.59 Å². The van der Waals surface area contributed by atoms with Gasteiger partial charge in [0.05, 0.1) is 23.6 Å². The zero-order chi connectivity index (χ0) is 24.0. The molecule has 4 heterocycles. The van der Waals surface area contributed by atoms with Gasteiger partial charge in [0.1, 0.15) is 17.2 Å². The number of allylic oxidation sites excluding steroid dienone is 2. The highest BCUT2D eigenvalue weighted by atomic mass is 32.2. The van der Waals surface area contributed by atoms with E-state index in [1.807, 2.05) is 19.2 Å². The van der Waals surface area contributed by atoms with E-state index >= 15 is 0 Å². The SMILES string of the molecule is COC(=O)[C@](C)(O)[C@]12CC[C@](C)(S1)[C@@H]1O[C@H]1C(=O)/C=C/C=C\c1csc(n1)[C@H](C)NC(=O)C2. The number of methoxy groups -OCH3 is 1. The standard InChI is InChI=1S/C23H28N2O6S2/c1-13-19-25-14(12-32-19)7-5-6-8-15(26)17-18(31-17)21(2)9-10-23(33-21,11-16(27)24-13)22(3,29)20(28)30-4/h5-8,12-13,17-18,29H,9-11H2,1-4H3,(H,24,27)/b7-5-,8-6+/t13-,17-,18+,21-,22-,23+/m0/s1. The lowest BCUT2D eigenvalue weighted by Crippen LogP contribution is -2.57. The van der Waals surface area contributed by atoms with Crippen LogP contribution in [0.2, 0.25) is 0 Å². The predicted molar refractivity (Wildman–Crippen MR) is 126 cm³/mol. The fraction of sp³-hybridized carbons (Fsp3) is 0.565. The molecule has 0 radical (unpaired) electrons. The van der Waals surface area contributed by atoms with E-state index in [1.165, 1.54) is 43.2 Å². The van der Waals surface area contributed by atoms with Crippen LogP contribution in [0.3, 0.4) is 0 Å². The number of nitrogens with one attached hydrogen (secondary N) is 1. The Balaban J connectivity index is 1.70. The van der Waals surface area contributed by atoms with Crippen molar-refractivity contribution in [1.29, 1.82) is 0 Å². The van der Waals surface area contributed by atoms with Crippen molar-refractivity contribution < 1.29 is 29.0 Å². The normalized spacial score (nSPS) is 37.8. The van der Waals surface area contributed by atoms with Crippen LogP contribution in [0.15, 0.2) is 23.6 Å². The molecule has 4 bridgehead atoms. The van der Waals surface area contributed by atoms with Crippen LogP contribution in [0.25, 0.3) is 6.08 Å². The number of aliphatic hydroxyl groups is 1. The molecule has 1 amide bonds. The topological polar surface area (TPSA) is 118 Å². The van der Waals surface area contributed by atoms with Crippen LogP contribution in [-0.4, -0.2) is 62.2 Å². The Bertz CT molecular complexity index is 1030. The van der Waals surface area contributed by atoms with Gasteiger partial charge in [0.15, 0.2) is 11.4 Å². The van der Waals surface area contributed by atoms with Gasteiger partial charge in [-0.15, -0.1) is 23.1 Å². The minimum atomic E-state index is -1.92. The zero-order valence-electron chi connectivity index (χ0n) is 19.0. The number of amides is 1. The first kappa shape index (κ1) is 24.1. The number of hydrogen-bond donors (Lipinski definition) is 2. The molecule has 0 spiro atoms. The van der Waals surface area contributed by atoms with Gasteiger partial charge in [-0.1, -0.05) is 12.2 Å². The van der Waals surface area contributed by atoms with Gasteiger partial charge in [0, 0.05) is 16.5 Å². The van der Waals surface area contributed by atoms with Crippen LogP contribution < -0.4 is 5.32 Å². The zero-order valence-corrected chi connectivity index (χ0v) is 20.6. The number of thiazole rings is 1. The summed E-state index contributed by atoms with van der Waals surface area (Å²) in [6, 6.07) is -0.341. The van der Waals surface area contributed by atoms with E-state index in [9.17, 15) is 19.5 Å². The van der Waals surface area contributed by atoms with E-state index in [0.717, 1.165) is 10.7 Å². The molecular formula is C23H28N2O6S2. The van der Waals surface area contributed by atoms with Crippen molar-refractivity contribution >= 4 is 46.8 Å². The third-order valence-corrected chi connectivity index (χ3v) is 9.76. The highest BCUT2D eigenvalue weighted by Crippen LogP contribution is 2.61. The number of carbonyl (C=O) groups is 3.